The number of unbranched alkanes of at least 4 members (excludes halogenated alkanes) is 1. The molecule has 0 aliphatic carbocycles. The number of nitrogens with one attached hydrogen (secondary N) is 2. The number of guanidine groups is 1. The van der Waals surface area contributed by atoms with E-state index in [1.165, 1.54) is 4.70 Å². The van der Waals surface area contributed by atoms with Gasteiger partial charge in [-0.05, 0) is 56.1 Å². The number of likely N-dealkylation sites (tertiary alicyclic amines) is 1. The van der Waals surface area contributed by atoms with Crippen molar-refractivity contribution >= 4 is 27.5 Å². The Morgan fingerprint density at radius 1 is 1.27 bits per heavy atom. The molecule has 0 radical (unpaired) electrons. The number of piperidine rings is 1. The van der Waals surface area contributed by atoms with E-state index in [2.05, 4.69) is 65.5 Å². The van der Waals surface area contributed by atoms with Gasteiger partial charge in [0.15, 0.2) is 5.96 Å². The molecule has 6 nitrogen and oxygen atoms in total. The molecular formula is C26H31N5OS. The fraction of sp³-hybridized carbons (Fsp3) is 0.385. The predicted molar refractivity (Wildman–Crippen MR) is 136 cm³/mol. The highest BCUT2D eigenvalue weighted by Crippen LogP contribution is 2.35. The summed E-state index contributed by atoms with van der Waals surface area (Å²) in [5.41, 5.74) is 8.40. The van der Waals surface area contributed by atoms with E-state index in [9.17, 15) is 0 Å². The van der Waals surface area contributed by atoms with Gasteiger partial charge in [-0.1, -0.05) is 36.1 Å². The summed E-state index contributed by atoms with van der Waals surface area (Å²) in [5, 5.41) is 11.0. The van der Waals surface area contributed by atoms with Crippen LogP contribution in [0.15, 0.2) is 48.5 Å². The van der Waals surface area contributed by atoms with Gasteiger partial charge in [-0.3, -0.25) is 5.41 Å². The van der Waals surface area contributed by atoms with Gasteiger partial charge in [0.1, 0.15) is 11.1 Å². The molecule has 1 aromatic heterocycles. The molecule has 2 aromatic carbocycles. The summed E-state index contributed by atoms with van der Waals surface area (Å²) >= 11 is 1.71. The van der Waals surface area contributed by atoms with Crippen LogP contribution >= 0.6 is 11.3 Å². The Balaban J connectivity index is 1.54. The number of hydrogen-bond acceptors (Lipinski definition) is 5. The first-order chi connectivity index (χ1) is 16.1. The number of ether oxygens (including phenoxy) is 1. The smallest absolute Gasteiger partial charge is 0.185 e. The van der Waals surface area contributed by atoms with E-state index in [0.29, 0.717) is 6.54 Å². The van der Waals surface area contributed by atoms with Crippen molar-refractivity contribution in [2.24, 2.45) is 5.73 Å². The lowest BCUT2D eigenvalue weighted by atomic mass is 10.0. The monoisotopic (exact) mass is 461 g/mol. The van der Waals surface area contributed by atoms with Crippen molar-refractivity contribution in [2.75, 3.05) is 26.7 Å². The van der Waals surface area contributed by atoms with Gasteiger partial charge in [0.25, 0.3) is 0 Å². The van der Waals surface area contributed by atoms with Crippen molar-refractivity contribution < 1.29 is 4.74 Å². The van der Waals surface area contributed by atoms with Crippen LogP contribution in [-0.2, 0) is 4.74 Å². The second-order valence-electron chi connectivity index (χ2n) is 8.41. The number of thiazole rings is 1. The van der Waals surface area contributed by atoms with Crippen LogP contribution in [0.1, 0.15) is 47.9 Å². The molecular weight excluding hydrogens is 430 g/mol. The Labute approximate surface area is 199 Å². The van der Waals surface area contributed by atoms with Crippen molar-refractivity contribution in [3.63, 3.8) is 0 Å². The first-order valence-electron chi connectivity index (χ1n) is 11.4. The fourth-order valence-corrected chi connectivity index (χ4v) is 4.97. The maximum absolute atomic E-state index is 7.19. The second-order valence-corrected chi connectivity index (χ2v) is 9.47. The maximum Gasteiger partial charge on any atom is 0.185 e. The van der Waals surface area contributed by atoms with Crippen LogP contribution in [0, 0.1) is 17.3 Å². The molecule has 33 heavy (non-hydrogen) atoms. The molecule has 4 rings (SSSR count). The minimum atomic E-state index is -0.197. The number of benzene rings is 2. The molecule has 0 bridgehead atoms. The summed E-state index contributed by atoms with van der Waals surface area (Å²) in [7, 11) is 2.17. The molecule has 1 atom stereocenters. The highest BCUT2D eigenvalue weighted by Gasteiger charge is 2.26. The molecule has 1 fully saturated rings. The summed E-state index contributed by atoms with van der Waals surface area (Å²) in [6, 6.07) is 16.6. The molecule has 3 aromatic rings. The van der Waals surface area contributed by atoms with Crippen molar-refractivity contribution in [2.45, 2.75) is 37.9 Å². The Bertz CT molecular complexity index is 1110. The summed E-state index contributed by atoms with van der Waals surface area (Å²) in [5.74, 6) is 6.50. The molecule has 1 saturated heterocycles. The van der Waals surface area contributed by atoms with Crippen molar-refractivity contribution in [3.8, 4) is 11.8 Å². The molecule has 2 heterocycles. The number of nitrogens with two attached hydrogens (primary N) is 1. The van der Waals surface area contributed by atoms with Crippen LogP contribution in [0.25, 0.3) is 10.2 Å². The zero-order valence-corrected chi connectivity index (χ0v) is 19.8. The lowest BCUT2D eigenvalue weighted by molar-refractivity contribution is -0.0234. The highest BCUT2D eigenvalue weighted by atomic mass is 32.1. The van der Waals surface area contributed by atoms with Gasteiger partial charge in [0.05, 0.1) is 16.3 Å². The van der Waals surface area contributed by atoms with Crippen molar-refractivity contribution in [3.05, 3.63) is 64.7 Å². The van der Waals surface area contributed by atoms with Gasteiger partial charge in [-0.25, -0.2) is 4.98 Å². The second kappa shape index (κ2) is 11.3. The van der Waals surface area contributed by atoms with E-state index < -0.39 is 0 Å². The van der Waals surface area contributed by atoms with Crippen molar-refractivity contribution in [1.82, 2.24) is 15.2 Å². The molecule has 0 spiro atoms. The van der Waals surface area contributed by atoms with Gasteiger partial charge >= 0.3 is 0 Å². The number of aromatic nitrogens is 1. The number of hydrogen-bond donors (Lipinski definition) is 3. The molecule has 0 amide bonds. The Morgan fingerprint density at radius 2 is 2.09 bits per heavy atom. The van der Waals surface area contributed by atoms with Crippen LogP contribution in [0.3, 0.4) is 0 Å². The first-order valence-corrected chi connectivity index (χ1v) is 12.3. The van der Waals surface area contributed by atoms with E-state index in [4.69, 9.17) is 20.9 Å². The van der Waals surface area contributed by atoms with Crippen LogP contribution in [0.5, 0.6) is 0 Å². The first kappa shape index (κ1) is 23.2. The van der Waals surface area contributed by atoms with Gasteiger partial charge in [-0.2, -0.15) is 0 Å². The third-order valence-electron chi connectivity index (χ3n) is 5.74. The average molecular weight is 462 g/mol. The molecule has 0 saturated carbocycles. The fourth-order valence-electron chi connectivity index (χ4n) is 3.94. The standard InChI is InChI=1S/C26H31N5OS/c1-31-16-13-21(14-17-31)32-24(25-30-22-11-4-5-12-23(22)33-25)20-10-7-9-19(18-20)8-3-2-6-15-29-26(27)28/h4-5,7,9-12,18,21,24H,2,6,13-17H2,1H3,(H4,27,28,29). The summed E-state index contributed by atoms with van der Waals surface area (Å²) < 4.78 is 7.89. The quantitative estimate of drug-likeness (QED) is 0.213. The Hall–Kier alpha value is -2.92. The van der Waals surface area contributed by atoms with E-state index in [1.807, 2.05) is 12.1 Å². The van der Waals surface area contributed by atoms with Gasteiger partial charge < -0.3 is 20.7 Å². The van der Waals surface area contributed by atoms with E-state index >= 15 is 0 Å². The number of rotatable bonds is 7. The Kier molecular flexibility index (Phi) is 7.95. The minimum absolute atomic E-state index is 0.00107. The number of nitrogens with zero attached hydrogens (tertiary/aromatic N) is 2. The highest BCUT2D eigenvalue weighted by molar-refractivity contribution is 7.18. The molecule has 1 aliphatic heterocycles. The van der Waals surface area contributed by atoms with Crippen LogP contribution in [-0.4, -0.2) is 48.6 Å². The normalized spacial score (nSPS) is 15.7. The summed E-state index contributed by atoms with van der Waals surface area (Å²) in [6.45, 7) is 2.77. The van der Waals surface area contributed by atoms with Crippen molar-refractivity contribution in [1.29, 1.82) is 5.41 Å². The van der Waals surface area contributed by atoms with E-state index in [-0.39, 0.29) is 18.2 Å². The molecule has 1 aliphatic rings. The SMILES string of the molecule is CN1CCC(OC(c2cccc(C#CCCCNC(=N)N)c2)c2nc3ccccc3s2)CC1. The van der Waals surface area contributed by atoms with Gasteiger partial charge in [-0.15, -0.1) is 11.3 Å². The lowest BCUT2D eigenvalue weighted by Gasteiger charge is -2.31. The molecule has 4 N–H and O–H groups in total. The van der Waals surface area contributed by atoms with Crippen LogP contribution in [0.2, 0.25) is 0 Å². The van der Waals surface area contributed by atoms with Gasteiger partial charge in [0, 0.05) is 31.6 Å². The van der Waals surface area contributed by atoms with Gasteiger partial charge in [0.2, 0.25) is 0 Å². The zero-order chi connectivity index (χ0) is 23.0. The minimum Gasteiger partial charge on any atom is -0.370 e. The van der Waals surface area contributed by atoms with E-state index in [1.54, 1.807) is 11.3 Å². The summed E-state index contributed by atoms with van der Waals surface area (Å²) in [6.07, 6.45) is 3.69. The number of fused-ring (bicyclic) bond motifs is 1. The summed E-state index contributed by atoms with van der Waals surface area (Å²) in [4.78, 5) is 7.28. The topological polar surface area (TPSA) is 87.3 Å². The van der Waals surface area contributed by atoms with E-state index in [0.717, 1.165) is 60.4 Å². The molecule has 1 unspecified atom stereocenters. The zero-order valence-electron chi connectivity index (χ0n) is 19.0. The third-order valence-corrected chi connectivity index (χ3v) is 6.82. The lowest BCUT2D eigenvalue weighted by Crippen LogP contribution is -2.35. The van der Waals surface area contributed by atoms with Crippen LogP contribution in [0.4, 0.5) is 0 Å². The largest absolute Gasteiger partial charge is 0.370 e. The third kappa shape index (κ3) is 6.55. The number of para-hydroxylation sites is 1. The molecule has 7 heteroatoms. The Morgan fingerprint density at radius 3 is 2.88 bits per heavy atom. The maximum atomic E-state index is 7.19. The average Bonchev–Trinajstić information content (AvgIpc) is 3.25. The molecule has 172 valence electrons. The van der Waals surface area contributed by atoms with Crippen LogP contribution < -0.4 is 11.1 Å². The predicted octanol–water partition coefficient (Wildman–Crippen LogP) is 4.11.